The molecule has 0 unspecified atom stereocenters. The molecule has 116 valence electrons. The van der Waals surface area contributed by atoms with Crippen LogP contribution in [0.3, 0.4) is 0 Å². The number of nitrogens with two attached hydrogens (primary N) is 1. The number of carbonyl (C=O) groups excluding carboxylic acids is 1. The van der Waals surface area contributed by atoms with Crippen LogP contribution in [0, 0.1) is 0 Å². The van der Waals surface area contributed by atoms with Crippen molar-refractivity contribution in [3.05, 3.63) is 29.8 Å². The summed E-state index contributed by atoms with van der Waals surface area (Å²) < 4.78 is 33.9. The topological polar surface area (TPSA) is 73.6 Å². The first kappa shape index (κ1) is 15.7. The molecular weight excluding hydrogens is 282 g/mol. The molecule has 21 heavy (non-hydrogen) atoms. The van der Waals surface area contributed by atoms with Crippen LogP contribution in [0.1, 0.15) is 23.2 Å². The molecule has 1 aliphatic heterocycles. The second-order valence-electron chi connectivity index (χ2n) is 4.96. The van der Waals surface area contributed by atoms with Crippen LogP contribution in [0.15, 0.2) is 24.3 Å². The van der Waals surface area contributed by atoms with Crippen LogP contribution in [0.4, 0.5) is 8.78 Å². The lowest BCUT2D eigenvalue weighted by Crippen LogP contribution is -2.56. The molecule has 3 N–H and O–H groups in total. The number of benzene rings is 1. The second-order valence-corrected chi connectivity index (χ2v) is 4.96. The molecule has 1 aromatic carbocycles. The Balaban J connectivity index is 2.08. The third-order valence-electron chi connectivity index (χ3n) is 3.54. The van der Waals surface area contributed by atoms with Gasteiger partial charge in [-0.3, -0.25) is 4.79 Å². The van der Waals surface area contributed by atoms with Gasteiger partial charge in [-0.15, -0.1) is 0 Å². The molecule has 0 spiro atoms. The van der Waals surface area contributed by atoms with Gasteiger partial charge < -0.3 is 20.5 Å². The van der Waals surface area contributed by atoms with E-state index in [1.165, 1.54) is 24.3 Å². The fraction of sp³-hybridized carbons (Fsp3) is 0.500. The summed E-state index contributed by atoms with van der Waals surface area (Å²) in [6.07, 6.45) is 1.25. The smallest absolute Gasteiger partial charge is 0.387 e. The quantitative estimate of drug-likeness (QED) is 0.865. The lowest BCUT2D eigenvalue weighted by Gasteiger charge is -2.37. The molecule has 1 aromatic rings. The highest BCUT2D eigenvalue weighted by Crippen LogP contribution is 2.21. The first-order chi connectivity index (χ1) is 10.0. The summed E-state index contributed by atoms with van der Waals surface area (Å²) in [5, 5.41) is 2.89. The molecule has 2 rings (SSSR count). The minimum absolute atomic E-state index is 0.0496. The molecule has 0 radical (unpaired) electrons. The maximum absolute atomic E-state index is 12.3. The van der Waals surface area contributed by atoms with Gasteiger partial charge in [0.1, 0.15) is 5.75 Å². The van der Waals surface area contributed by atoms with Gasteiger partial charge in [0, 0.05) is 25.3 Å². The Labute approximate surface area is 121 Å². The van der Waals surface area contributed by atoms with Crippen LogP contribution >= 0.6 is 0 Å². The standard InChI is InChI=1S/C14H18F2N2O3/c15-13(16)21-11-3-1-2-10(8-11)12(19)18-14(9-17)4-6-20-7-5-14/h1-3,8,13H,4-7,9,17H2,(H,18,19). The Hall–Kier alpha value is -1.73. The Morgan fingerprint density at radius 2 is 2.14 bits per heavy atom. The van der Waals surface area contributed by atoms with Gasteiger partial charge in [-0.1, -0.05) is 6.07 Å². The van der Waals surface area contributed by atoms with Crippen molar-refractivity contribution in [1.82, 2.24) is 5.32 Å². The Kier molecular flexibility index (Phi) is 5.08. The number of hydrogen-bond acceptors (Lipinski definition) is 4. The van der Waals surface area contributed by atoms with Gasteiger partial charge >= 0.3 is 6.61 Å². The average molecular weight is 300 g/mol. The molecule has 1 heterocycles. The van der Waals surface area contributed by atoms with Crippen molar-refractivity contribution in [3.63, 3.8) is 0 Å². The molecule has 7 heteroatoms. The minimum Gasteiger partial charge on any atom is -0.435 e. The molecule has 1 fully saturated rings. The first-order valence-electron chi connectivity index (χ1n) is 6.70. The van der Waals surface area contributed by atoms with E-state index in [0.717, 1.165) is 0 Å². The number of hydrogen-bond donors (Lipinski definition) is 2. The van der Waals surface area contributed by atoms with E-state index in [2.05, 4.69) is 10.1 Å². The van der Waals surface area contributed by atoms with Crippen molar-refractivity contribution >= 4 is 5.91 Å². The highest BCUT2D eigenvalue weighted by atomic mass is 19.3. The van der Waals surface area contributed by atoms with Crippen LogP contribution < -0.4 is 15.8 Å². The molecule has 1 aliphatic rings. The monoisotopic (exact) mass is 300 g/mol. The summed E-state index contributed by atoms with van der Waals surface area (Å²) in [6.45, 7) is -1.55. The lowest BCUT2D eigenvalue weighted by molar-refractivity contribution is -0.0499. The molecule has 0 bridgehead atoms. The Bertz CT molecular complexity index is 491. The SMILES string of the molecule is NCC1(NC(=O)c2cccc(OC(F)F)c2)CCOCC1. The largest absolute Gasteiger partial charge is 0.435 e. The summed E-state index contributed by atoms with van der Waals surface area (Å²) in [5.74, 6) is -0.409. The number of nitrogens with one attached hydrogen (secondary N) is 1. The van der Waals surface area contributed by atoms with Crippen LogP contribution in [0.2, 0.25) is 0 Å². The summed E-state index contributed by atoms with van der Waals surface area (Å²) in [6, 6.07) is 5.68. The third kappa shape index (κ3) is 4.12. The number of rotatable bonds is 5. The van der Waals surface area contributed by atoms with E-state index in [1.54, 1.807) is 0 Å². The van der Waals surface area contributed by atoms with Crippen LogP contribution in [-0.2, 0) is 4.74 Å². The van der Waals surface area contributed by atoms with E-state index in [9.17, 15) is 13.6 Å². The Morgan fingerprint density at radius 1 is 1.43 bits per heavy atom. The zero-order chi connectivity index (χ0) is 15.3. The normalized spacial score (nSPS) is 17.5. The Morgan fingerprint density at radius 3 is 2.76 bits per heavy atom. The van der Waals surface area contributed by atoms with Crippen molar-refractivity contribution < 1.29 is 23.0 Å². The van der Waals surface area contributed by atoms with E-state index in [0.29, 0.717) is 32.6 Å². The van der Waals surface area contributed by atoms with Gasteiger partial charge in [0.25, 0.3) is 5.91 Å². The summed E-state index contributed by atoms with van der Waals surface area (Å²) in [4.78, 5) is 12.3. The van der Waals surface area contributed by atoms with Crippen molar-refractivity contribution in [2.45, 2.75) is 25.0 Å². The highest BCUT2D eigenvalue weighted by molar-refractivity contribution is 5.95. The van der Waals surface area contributed by atoms with Crippen LogP contribution in [0.5, 0.6) is 5.75 Å². The zero-order valence-electron chi connectivity index (χ0n) is 11.5. The lowest BCUT2D eigenvalue weighted by atomic mass is 9.89. The van der Waals surface area contributed by atoms with Crippen molar-refractivity contribution in [2.75, 3.05) is 19.8 Å². The number of alkyl halides is 2. The van der Waals surface area contributed by atoms with Crippen LogP contribution in [-0.4, -0.2) is 37.8 Å². The average Bonchev–Trinajstić information content (AvgIpc) is 2.48. The van der Waals surface area contributed by atoms with E-state index < -0.39 is 12.2 Å². The molecule has 0 aliphatic carbocycles. The van der Waals surface area contributed by atoms with Gasteiger partial charge in [-0.25, -0.2) is 0 Å². The molecule has 0 atom stereocenters. The minimum atomic E-state index is -2.92. The van der Waals surface area contributed by atoms with E-state index >= 15 is 0 Å². The number of amides is 1. The number of carbonyl (C=O) groups is 1. The number of ether oxygens (including phenoxy) is 2. The van der Waals surface area contributed by atoms with Gasteiger partial charge in [0.15, 0.2) is 0 Å². The first-order valence-corrected chi connectivity index (χ1v) is 6.70. The fourth-order valence-electron chi connectivity index (χ4n) is 2.27. The molecule has 0 saturated carbocycles. The molecule has 1 saturated heterocycles. The van der Waals surface area contributed by atoms with E-state index in [-0.39, 0.29) is 17.2 Å². The van der Waals surface area contributed by atoms with E-state index in [1.807, 2.05) is 0 Å². The van der Waals surface area contributed by atoms with Crippen molar-refractivity contribution in [3.8, 4) is 5.75 Å². The molecule has 1 amide bonds. The predicted molar refractivity (Wildman–Crippen MR) is 72.4 cm³/mol. The predicted octanol–water partition coefficient (Wildman–Crippen LogP) is 1.53. The maximum Gasteiger partial charge on any atom is 0.387 e. The zero-order valence-corrected chi connectivity index (χ0v) is 11.5. The van der Waals surface area contributed by atoms with Crippen molar-refractivity contribution in [2.24, 2.45) is 5.73 Å². The van der Waals surface area contributed by atoms with E-state index in [4.69, 9.17) is 10.5 Å². The molecule has 0 aromatic heterocycles. The molecule has 5 nitrogen and oxygen atoms in total. The van der Waals surface area contributed by atoms with Crippen LogP contribution in [0.25, 0.3) is 0 Å². The van der Waals surface area contributed by atoms with Gasteiger partial charge in [0.2, 0.25) is 0 Å². The van der Waals surface area contributed by atoms with Gasteiger partial charge in [-0.05, 0) is 31.0 Å². The number of halogens is 2. The van der Waals surface area contributed by atoms with Gasteiger partial charge in [-0.2, -0.15) is 8.78 Å². The summed E-state index contributed by atoms with van der Waals surface area (Å²) in [5.41, 5.74) is 5.52. The molecular formula is C14H18F2N2O3. The third-order valence-corrected chi connectivity index (χ3v) is 3.54. The van der Waals surface area contributed by atoms with Gasteiger partial charge in [0.05, 0.1) is 5.54 Å². The maximum atomic E-state index is 12.3. The van der Waals surface area contributed by atoms with Crippen molar-refractivity contribution in [1.29, 1.82) is 0 Å². The fourth-order valence-corrected chi connectivity index (χ4v) is 2.27. The summed E-state index contributed by atoms with van der Waals surface area (Å²) in [7, 11) is 0. The second kappa shape index (κ2) is 6.82. The summed E-state index contributed by atoms with van der Waals surface area (Å²) >= 11 is 0. The highest BCUT2D eigenvalue weighted by Gasteiger charge is 2.33.